The number of methoxy groups -OCH3 is 1. The third kappa shape index (κ3) is 8.14. The van der Waals surface area contributed by atoms with E-state index in [-0.39, 0.29) is 28.7 Å². The molecule has 6 nitrogen and oxygen atoms in total. The molecule has 154 valence electrons. The Morgan fingerprint density at radius 3 is 2.32 bits per heavy atom. The minimum absolute atomic E-state index is 0. The zero-order chi connectivity index (χ0) is 19.7. The van der Waals surface area contributed by atoms with E-state index in [9.17, 15) is 0 Å². The van der Waals surface area contributed by atoms with Gasteiger partial charge in [0.15, 0.2) is 5.96 Å². The highest BCUT2D eigenvalue weighted by Gasteiger charge is 2.16. The lowest BCUT2D eigenvalue weighted by Crippen LogP contribution is -2.42. The second kappa shape index (κ2) is 12.0. The third-order valence-corrected chi connectivity index (χ3v) is 5.25. The fraction of sp³-hybridized carbons (Fsp3) is 0.400. The van der Waals surface area contributed by atoms with Crippen LogP contribution in [0.25, 0.3) is 0 Å². The van der Waals surface area contributed by atoms with Crippen molar-refractivity contribution in [3.8, 4) is 17.4 Å². The average molecular weight is 516 g/mol. The number of pyridine rings is 1. The van der Waals surface area contributed by atoms with Gasteiger partial charge in [0.2, 0.25) is 5.88 Å². The van der Waals surface area contributed by atoms with Crippen LogP contribution in [0.5, 0.6) is 17.4 Å². The van der Waals surface area contributed by atoms with Gasteiger partial charge in [0.1, 0.15) is 11.5 Å². The van der Waals surface area contributed by atoms with E-state index in [0.29, 0.717) is 12.4 Å². The maximum atomic E-state index is 5.74. The Bertz CT molecular complexity index is 737. The van der Waals surface area contributed by atoms with E-state index in [4.69, 9.17) is 9.47 Å². The molecule has 0 radical (unpaired) electrons. The maximum absolute atomic E-state index is 5.74. The van der Waals surface area contributed by atoms with Crippen LogP contribution < -0.4 is 20.1 Å². The highest BCUT2D eigenvalue weighted by molar-refractivity contribution is 14.0. The molecule has 0 bridgehead atoms. The molecule has 0 spiro atoms. The van der Waals surface area contributed by atoms with Gasteiger partial charge in [0.05, 0.1) is 7.11 Å². The number of hydrogen-bond donors (Lipinski definition) is 2. The standard InChI is InChI=1S/C20H28N4O2S.HI/c1-20(2,27-5)14-24-19(21-3)23-13-15-6-11-18(22-12-15)26-17-9-7-16(25-4)8-10-17;/h6-12H,13-14H2,1-5H3,(H2,21,23,24);1H. The van der Waals surface area contributed by atoms with Gasteiger partial charge in [-0.3, -0.25) is 4.99 Å². The summed E-state index contributed by atoms with van der Waals surface area (Å²) in [5.41, 5.74) is 1.05. The number of aromatic nitrogens is 1. The average Bonchev–Trinajstić information content (AvgIpc) is 2.70. The summed E-state index contributed by atoms with van der Waals surface area (Å²) in [6.07, 6.45) is 3.91. The second-order valence-electron chi connectivity index (χ2n) is 6.53. The molecule has 2 rings (SSSR count). The Morgan fingerprint density at radius 1 is 1.11 bits per heavy atom. The maximum Gasteiger partial charge on any atom is 0.219 e. The first-order valence-electron chi connectivity index (χ1n) is 8.72. The van der Waals surface area contributed by atoms with Crippen molar-refractivity contribution >= 4 is 41.7 Å². The van der Waals surface area contributed by atoms with Crippen LogP contribution in [0.1, 0.15) is 19.4 Å². The molecule has 1 aromatic carbocycles. The van der Waals surface area contributed by atoms with Crippen LogP contribution >= 0.6 is 35.7 Å². The number of thioether (sulfide) groups is 1. The van der Waals surface area contributed by atoms with E-state index in [2.05, 4.69) is 40.7 Å². The van der Waals surface area contributed by atoms with E-state index in [0.717, 1.165) is 29.6 Å². The van der Waals surface area contributed by atoms with Crippen molar-refractivity contribution in [3.05, 3.63) is 48.2 Å². The van der Waals surface area contributed by atoms with Crippen LogP contribution in [0, 0.1) is 0 Å². The highest BCUT2D eigenvalue weighted by Crippen LogP contribution is 2.22. The number of rotatable bonds is 8. The SMILES string of the molecule is CN=C(NCc1ccc(Oc2ccc(OC)cc2)nc1)NCC(C)(C)SC.I. The van der Waals surface area contributed by atoms with Crippen molar-refractivity contribution < 1.29 is 9.47 Å². The lowest BCUT2D eigenvalue weighted by Gasteiger charge is -2.23. The van der Waals surface area contributed by atoms with Gasteiger partial charge < -0.3 is 20.1 Å². The van der Waals surface area contributed by atoms with Crippen molar-refractivity contribution in [3.63, 3.8) is 0 Å². The summed E-state index contributed by atoms with van der Waals surface area (Å²) >= 11 is 1.82. The fourth-order valence-electron chi connectivity index (χ4n) is 2.12. The van der Waals surface area contributed by atoms with Crippen molar-refractivity contribution in [1.82, 2.24) is 15.6 Å². The Balaban J connectivity index is 0.00000392. The van der Waals surface area contributed by atoms with Gasteiger partial charge in [-0.25, -0.2) is 4.98 Å². The largest absolute Gasteiger partial charge is 0.497 e. The Labute approximate surface area is 188 Å². The molecule has 0 saturated heterocycles. The van der Waals surface area contributed by atoms with Crippen molar-refractivity contribution in [2.75, 3.05) is 27.0 Å². The molecule has 0 saturated carbocycles. The molecule has 8 heteroatoms. The molecule has 2 N–H and O–H groups in total. The van der Waals surface area contributed by atoms with Crippen LogP contribution in [0.15, 0.2) is 47.6 Å². The quantitative estimate of drug-likeness (QED) is 0.310. The van der Waals surface area contributed by atoms with Crippen LogP contribution in [0.3, 0.4) is 0 Å². The van der Waals surface area contributed by atoms with Gasteiger partial charge in [-0.2, -0.15) is 11.8 Å². The first-order chi connectivity index (χ1) is 13.0. The minimum Gasteiger partial charge on any atom is -0.497 e. The smallest absolute Gasteiger partial charge is 0.219 e. The summed E-state index contributed by atoms with van der Waals surface area (Å²) in [6.45, 7) is 5.86. The summed E-state index contributed by atoms with van der Waals surface area (Å²) in [7, 11) is 3.41. The summed E-state index contributed by atoms with van der Waals surface area (Å²) in [5, 5.41) is 6.65. The number of aliphatic imine (C=N–C) groups is 1. The van der Waals surface area contributed by atoms with Crippen molar-refractivity contribution in [2.45, 2.75) is 25.1 Å². The summed E-state index contributed by atoms with van der Waals surface area (Å²) in [5.74, 6) is 2.83. The molecule has 0 aliphatic carbocycles. The summed E-state index contributed by atoms with van der Waals surface area (Å²) < 4.78 is 11.0. The first kappa shape index (κ1) is 24.4. The normalized spacial score (nSPS) is 11.4. The van der Waals surface area contributed by atoms with E-state index < -0.39 is 0 Å². The predicted octanol–water partition coefficient (Wildman–Crippen LogP) is 4.31. The van der Waals surface area contributed by atoms with Crippen LogP contribution in [-0.4, -0.2) is 42.6 Å². The third-order valence-electron chi connectivity index (χ3n) is 4.00. The second-order valence-corrected chi connectivity index (χ2v) is 8.04. The first-order valence-corrected chi connectivity index (χ1v) is 9.95. The molecule has 0 amide bonds. The molecule has 2 aromatic rings. The molecule has 0 fully saturated rings. The van der Waals surface area contributed by atoms with E-state index in [1.807, 2.05) is 48.2 Å². The van der Waals surface area contributed by atoms with Gasteiger partial charge in [-0.05, 0) is 49.9 Å². The number of hydrogen-bond acceptors (Lipinski definition) is 5. The van der Waals surface area contributed by atoms with Gasteiger partial charge >= 0.3 is 0 Å². The zero-order valence-corrected chi connectivity index (χ0v) is 20.1. The molecule has 0 atom stereocenters. The number of halogens is 1. The Hall–Kier alpha value is -1.68. The molecule has 1 aromatic heterocycles. The van der Waals surface area contributed by atoms with Gasteiger partial charge in [0.25, 0.3) is 0 Å². The van der Waals surface area contributed by atoms with Gasteiger partial charge in [-0.15, -0.1) is 24.0 Å². The van der Waals surface area contributed by atoms with Crippen LogP contribution in [0.4, 0.5) is 0 Å². The number of ether oxygens (including phenoxy) is 2. The van der Waals surface area contributed by atoms with E-state index in [1.165, 1.54) is 0 Å². The summed E-state index contributed by atoms with van der Waals surface area (Å²) in [4.78, 5) is 8.62. The minimum atomic E-state index is 0. The zero-order valence-electron chi connectivity index (χ0n) is 17.0. The number of benzene rings is 1. The number of nitrogens with zero attached hydrogens (tertiary/aromatic N) is 2. The number of nitrogens with one attached hydrogen (secondary N) is 2. The van der Waals surface area contributed by atoms with Crippen LogP contribution in [-0.2, 0) is 6.54 Å². The van der Waals surface area contributed by atoms with E-state index in [1.54, 1.807) is 20.4 Å². The Morgan fingerprint density at radius 2 is 1.79 bits per heavy atom. The molecule has 0 aliphatic rings. The molecular weight excluding hydrogens is 487 g/mol. The summed E-state index contributed by atoms with van der Waals surface area (Å²) in [6, 6.07) is 11.2. The molecule has 28 heavy (non-hydrogen) atoms. The topological polar surface area (TPSA) is 67.8 Å². The van der Waals surface area contributed by atoms with Gasteiger partial charge in [0, 0.05) is 37.1 Å². The highest BCUT2D eigenvalue weighted by atomic mass is 127. The molecular formula is C20H29IN4O2S. The van der Waals surface area contributed by atoms with Crippen LogP contribution in [0.2, 0.25) is 0 Å². The molecule has 0 aliphatic heterocycles. The molecule has 1 heterocycles. The van der Waals surface area contributed by atoms with Crippen molar-refractivity contribution in [2.24, 2.45) is 4.99 Å². The lowest BCUT2D eigenvalue weighted by molar-refractivity contribution is 0.412. The van der Waals surface area contributed by atoms with E-state index >= 15 is 0 Å². The monoisotopic (exact) mass is 516 g/mol. The fourth-order valence-corrected chi connectivity index (χ4v) is 2.33. The van der Waals surface area contributed by atoms with Gasteiger partial charge in [-0.1, -0.05) is 6.07 Å². The van der Waals surface area contributed by atoms with Crippen molar-refractivity contribution in [1.29, 1.82) is 0 Å². The number of guanidine groups is 1. The predicted molar refractivity (Wildman–Crippen MR) is 129 cm³/mol. The lowest BCUT2D eigenvalue weighted by atomic mass is 10.2. The molecule has 0 unspecified atom stereocenters. The Kier molecular flexibility index (Phi) is 10.4.